The quantitative estimate of drug-likeness (QED) is 0.412. The predicted molar refractivity (Wildman–Crippen MR) is 79.0 cm³/mol. The van der Waals surface area contributed by atoms with E-state index in [0.717, 1.165) is 0 Å². The first-order valence-corrected chi connectivity index (χ1v) is 9.40. The van der Waals surface area contributed by atoms with Crippen molar-refractivity contribution in [3.05, 3.63) is 0 Å². The van der Waals surface area contributed by atoms with Gasteiger partial charge in [-0.3, -0.25) is 0 Å². The van der Waals surface area contributed by atoms with Crippen molar-refractivity contribution in [1.29, 1.82) is 0 Å². The van der Waals surface area contributed by atoms with Gasteiger partial charge in [-0.05, 0) is 19.8 Å². The minimum absolute atomic E-state index is 0.604. The Morgan fingerprint density at radius 1 is 1.00 bits per heavy atom. The van der Waals surface area contributed by atoms with E-state index >= 15 is 0 Å². The zero-order valence-corrected chi connectivity index (χ0v) is 13.7. The predicted octanol–water partition coefficient (Wildman–Crippen LogP) is 2.75. The minimum Gasteiger partial charge on any atom is -0.748 e. The molecule has 1 fully saturated rings. The molecule has 0 bridgehead atoms. The van der Waals surface area contributed by atoms with E-state index in [-0.39, 0.29) is 0 Å². The molecule has 0 aliphatic carbocycles. The van der Waals surface area contributed by atoms with Gasteiger partial charge in [-0.2, -0.15) is 0 Å². The molecule has 0 spiro atoms. The highest BCUT2D eigenvalue weighted by molar-refractivity contribution is 7.84. The van der Waals surface area contributed by atoms with Crippen LogP contribution in [0, 0.1) is 0 Å². The molecule has 0 aromatic carbocycles. The van der Waals surface area contributed by atoms with Gasteiger partial charge in [0.2, 0.25) is 0 Å². The molecular formula is C14H31NO3S. The third kappa shape index (κ3) is 11.4. The number of hydrogen-bond donors (Lipinski definition) is 0. The van der Waals surface area contributed by atoms with E-state index in [9.17, 15) is 0 Å². The normalized spacial score (nSPS) is 17.9. The van der Waals surface area contributed by atoms with Gasteiger partial charge in [-0.25, -0.2) is 8.42 Å². The van der Waals surface area contributed by atoms with E-state index in [0.29, 0.717) is 6.26 Å². The lowest BCUT2D eigenvalue weighted by Crippen LogP contribution is -2.45. The van der Waals surface area contributed by atoms with Gasteiger partial charge in [0.1, 0.15) is 0 Å². The van der Waals surface area contributed by atoms with Gasteiger partial charge in [-0.15, -0.1) is 0 Å². The Balaban J connectivity index is 0.000000555. The first kappa shape index (κ1) is 18.9. The SMILES string of the molecule is CCCCCCC[N+]1(CC)CCCC1.CS(=O)(=O)[O-]. The van der Waals surface area contributed by atoms with Crippen LogP contribution in [0.1, 0.15) is 58.8 Å². The first-order chi connectivity index (χ1) is 8.83. The fourth-order valence-corrected chi connectivity index (χ4v) is 2.75. The Morgan fingerprint density at radius 2 is 1.47 bits per heavy atom. The Bertz CT molecular complexity index is 301. The fraction of sp³-hybridized carbons (Fsp3) is 1.00. The van der Waals surface area contributed by atoms with Crippen LogP contribution in [0.5, 0.6) is 0 Å². The maximum absolute atomic E-state index is 9.08. The molecule has 0 saturated carbocycles. The molecule has 0 aromatic heterocycles. The molecule has 1 aliphatic rings. The highest BCUT2D eigenvalue weighted by Crippen LogP contribution is 2.20. The Morgan fingerprint density at radius 3 is 1.89 bits per heavy atom. The molecule has 19 heavy (non-hydrogen) atoms. The zero-order chi connectivity index (χ0) is 14.8. The van der Waals surface area contributed by atoms with Gasteiger partial charge in [0, 0.05) is 19.1 Å². The molecular weight excluding hydrogens is 262 g/mol. The van der Waals surface area contributed by atoms with Crippen molar-refractivity contribution in [3.63, 3.8) is 0 Å². The van der Waals surface area contributed by atoms with E-state index in [4.69, 9.17) is 13.0 Å². The first-order valence-electron chi connectivity index (χ1n) is 7.59. The molecule has 1 heterocycles. The number of unbranched alkanes of at least 4 members (excludes halogenated alkanes) is 4. The van der Waals surface area contributed by atoms with Crippen molar-refractivity contribution in [2.75, 3.05) is 32.4 Å². The summed E-state index contributed by atoms with van der Waals surface area (Å²) >= 11 is 0. The summed E-state index contributed by atoms with van der Waals surface area (Å²) in [5, 5.41) is 0. The summed E-state index contributed by atoms with van der Waals surface area (Å²) in [5.74, 6) is 0. The number of hydrogen-bond acceptors (Lipinski definition) is 3. The largest absolute Gasteiger partial charge is 0.748 e. The molecule has 0 atom stereocenters. The second kappa shape index (κ2) is 9.72. The smallest absolute Gasteiger partial charge is 0.0916 e. The lowest BCUT2D eigenvalue weighted by molar-refractivity contribution is -0.915. The van der Waals surface area contributed by atoms with Crippen LogP contribution in [0.3, 0.4) is 0 Å². The number of quaternary nitrogens is 1. The van der Waals surface area contributed by atoms with E-state index in [1.165, 1.54) is 75.6 Å². The molecule has 0 amide bonds. The van der Waals surface area contributed by atoms with Crippen LogP contribution in [0.2, 0.25) is 0 Å². The van der Waals surface area contributed by atoms with Gasteiger partial charge >= 0.3 is 0 Å². The average Bonchev–Trinajstić information content (AvgIpc) is 2.76. The fourth-order valence-electron chi connectivity index (χ4n) is 2.75. The van der Waals surface area contributed by atoms with Crippen LogP contribution in [0.25, 0.3) is 0 Å². The summed E-state index contributed by atoms with van der Waals surface area (Å²) < 4.78 is 28.7. The Labute approximate surface area is 119 Å². The van der Waals surface area contributed by atoms with E-state index in [1.807, 2.05) is 0 Å². The van der Waals surface area contributed by atoms with Crippen molar-refractivity contribution in [1.82, 2.24) is 0 Å². The average molecular weight is 293 g/mol. The van der Waals surface area contributed by atoms with Crippen molar-refractivity contribution in [2.24, 2.45) is 0 Å². The molecule has 1 rings (SSSR count). The van der Waals surface area contributed by atoms with E-state index in [1.54, 1.807) is 0 Å². The van der Waals surface area contributed by atoms with Crippen molar-refractivity contribution >= 4 is 10.1 Å². The van der Waals surface area contributed by atoms with Crippen molar-refractivity contribution in [3.8, 4) is 0 Å². The Hall–Kier alpha value is -0.130. The molecule has 0 unspecified atom stereocenters. The summed E-state index contributed by atoms with van der Waals surface area (Å²) in [6.07, 6.45) is 10.8. The maximum atomic E-state index is 9.08. The summed E-state index contributed by atoms with van der Waals surface area (Å²) in [6.45, 7) is 10.4. The number of likely N-dealkylation sites (tertiary alicyclic amines) is 1. The molecule has 5 heteroatoms. The van der Waals surface area contributed by atoms with Crippen LogP contribution in [0.4, 0.5) is 0 Å². The molecule has 0 aromatic rings. The number of nitrogens with zero attached hydrogens (tertiary/aromatic N) is 1. The monoisotopic (exact) mass is 293 g/mol. The zero-order valence-electron chi connectivity index (χ0n) is 12.9. The summed E-state index contributed by atoms with van der Waals surface area (Å²) in [4.78, 5) is 0. The Kier molecular flexibility index (Phi) is 9.66. The van der Waals surface area contributed by atoms with Crippen molar-refractivity contribution in [2.45, 2.75) is 58.8 Å². The van der Waals surface area contributed by atoms with Crippen LogP contribution in [-0.2, 0) is 10.1 Å². The van der Waals surface area contributed by atoms with Crippen LogP contribution < -0.4 is 0 Å². The molecule has 4 nitrogen and oxygen atoms in total. The second-order valence-corrected chi connectivity index (χ2v) is 7.06. The van der Waals surface area contributed by atoms with Gasteiger partial charge in [0.25, 0.3) is 0 Å². The topological polar surface area (TPSA) is 57.2 Å². The molecule has 1 aliphatic heterocycles. The molecule has 116 valence electrons. The van der Waals surface area contributed by atoms with Crippen molar-refractivity contribution < 1.29 is 17.5 Å². The van der Waals surface area contributed by atoms with Gasteiger partial charge < -0.3 is 9.04 Å². The standard InChI is InChI=1S/C13H28N.CH4O3S/c1-3-5-6-7-8-11-14(4-2)12-9-10-13-14;1-5(2,3)4/h3-13H2,1-2H3;1H3,(H,2,3,4)/q+1;/p-1. The van der Waals surface area contributed by atoms with E-state index in [2.05, 4.69) is 13.8 Å². The summed E-state index contributed by atoms with van der Waals surface area (Å²) in [6, 6.07) is 0. The van der Waals surface area contributed by atoms with Crippen LogP contribution in [-0.4, -0.2) is 49.9 Å². The highest BCUT2D eigenvalue weighted by atomic mass is 32.2. The third-order valence-electron chi connectivity index (χ3n) is 3.92. The summed E-state index contributed by atoms with van der Waals surface area (Å²) in [5.41, 5.74) is 0. The number of rotatable bonds is 7. The van der Waals surface area contributed by atoms with Gasteiger partial charge in [-0.1, -0.05) is 26.2 Å². The highest BCUT2D eigenvalue weighted by Gasteiger charge is 2.28. The second-order valence-electron chi connectivity index (χ2n) is 5.65. The third-order valence-corrected chi connectivity index (χ3v) is 3.92. The minimum atomic E-state index is -3.92. The lowest BCUT2D eigenvalue weighted by atomic mass is 10.1. The van der Waals surface area contributed by atoms with Crippen LogP contribution >= 0.6 is 0 Å². The molecule has 1 saturated heterocycles. The van der Waals surface area contributed by atoms with E-state index < -0.39 is 10.1 Å². The molecule has 0 N–H and O–H groups in total. The summed E-state index contributed by atoms with van der Waals surface area (Å²) in [7, 11) is -3.92. The maximum Gasteiger partial charge on any atom is 0.0916 e. The van der Waals surface area contributed by atoms with Gasteiger partial charge in [0.05, 0.1) is 36.3 Å². The van der Waals surface area contributed by atoms with Gasteiger partial charge in [0.15, 0.2) is 0 Å². The van der Waals surface area contributed by atoms with Crippen LogP contribution in [0.15, 0.2) is 0 Å². The molecule has 0 radical (unpaired) electrons. The lowest BCUT2D eigenvalue weighted by Gasteiger charge is -2.33.